The molecule has 9 nitrogen and oxygen atoms in total. The van der Waals surface area contributed by atoms with Gasteiger partial charge in [-0.2, -0.15) is 5.10 Å². The van der Waals surface area contributed by atoms with E-state index < -0.39 is 11.4 Å². The number of nitrogens with two attached hydrogens (primary N) is 1. The Balaban J connectivity index is 1.82. The number of benzene rings is 2. The lowest BCUT2D eigenvalue weighted by Crippen LogP contribution is -2.43. The molecular weight excluding hydrogens is 565 g/mol. The van der Waals surface area contributed by atoms with E-state index >= 15 is 0 Å². The second-order valence-electron chi connectivity index (χ2n) is 10.7. The summed E-state index contributed by atoms with van der Waals surface area (Å²) in [7, 11) is 3.31. The Bertz CT molecular complexity index is 1670. The molecule has 0 aliphatic carbocycles. The van der Waals surface area contributed by atoms with Crippen LogP contribution in [0.1, 0.15) is 47.2 Å². The highest BCUT2D eigenvalue weighted by molar-refractivity contribution is 6.34. The molecule has 212 valence electrons. The zero-order valence-electron chi connectivity index (χ0n) is 23.3. The van der Waals surface area contributed by atoms with E-state index in [4.69, 9.17) is 43.5 Å². The Kier molecular flexibility index (Phi) is 7.44. The van der Waals surface area contributed by atoms with Crippen LogP contribution in [-0.2, 0) is 6.42 Å². The number of aromatic nitrogens is 3. The normalized spacial score (nSPS) is 12.6. The zero-order chi connectivity index (χ0) is 29.6. The van der Waals surface area contributed by atoms with Gasteiger partial charge in [0.2, 0.25) is 5.91 Å². The predicted molar refractivity (Wildman–Crippen MR) is 158 cm³/mol. The molecule has 0 unspecified atom stereocenters. The fourth-order valence-electron chi connectivity index (χ4n) is 4.69. The number of fused-ring (bicyclic) bond motifs is 3. The minimum atomic E-state index is -0.597. The highest BCUT2D eigenvalue weighted by Gasteiger charge is 2.33. The molecule has 2 aromatic carbocycles. The van der Waals surface area contributed by atoms with Crippen molar-refractivity contribution in [3.05, 3.63) is 75.7 Å². The van der Waals surface area contributed by atoms with Gasteiger partial charge in [-0.3, -0.25) is 14.6 Å². The van der Waals surface area contributed by atoms with E-state index in [-0.39, 0.29) is 11.5 Å². The number of carbonyl (C=O) groups is 2. The molecule has 1 aliphatic heterocycles. The summed E-state index contributed by atoms with van der Waals surface area (Å²) in [4.78, 5) is 31.6. The zero-order valence-corrected chi connectivity index (χ0v) is 24.8. The van der Waals surface area contributed by atoms with E-state index in [2.05, 4.69) is 4.98 Å². The average molecular weight is 594 g/mol. The molecule has 0 radical (unpaired) electrons. The molecule has 0 spiro atoms. The van der Waals surface area contributed by atoms with Crippen LogP contribution in [0.2, 0.25) is 10.0 Å². The highest BCUT2D eigenvalue weighted by Crippen LogP contribution is 2.45. The van der Waals surface area contributed by atoms with Gasteiger partial charge in [0.15, 0.2) is 5.69 Å². The van der Waals surface area contributed by atoms with Crippen LogP contribution in [0, 0.1) is 0 Å². The monoisotopic (exact) mass is 593 g/mol. The van der Waals surface area contributed by atoms with Crippen LogP contribution in [0.5, 0.6) is 11.5 Å². The Labute approximate surface area is 247 Å². The van der Waals surface area contributed by atoms with Gasteiger partial charge in [-0.05, 0) is 51.1 Å². The minimum Gasteiger partial charge on any atom is -0.496 e. The first kappa shape index (κ1) is 28.4. The Morgan fingerprint density at radius 1 is 1.05 bits per heavy atom. The summed E-state index contributed by atoms with van der Waals surface area (Å²) in [6.07, 6.45) is 3.45. The van der Waals surface area contributed by atoms with Gasteiger partial charge >= 0.3 is 0 Å². The third kappa shape index (κ3) is 5.35. The number of methoxy groups -OCH3 is 1. The van der Waals surface area contributed by atoms with E-state index in [1.807, 2.05) is 26.8 Å². The van der Waals surface area contributed by atoms with Gasteiger partial charge in [0.25, 0.3) is 5.91 Å². The number of pyridine rings is 1. The van der Waals surface area contributed by atoms with Gasteiger partial charge in [-0.15, -0.1) is 0 Å². The van der Waals surface area contributed by atoms with Gasteiger partial charge in [0.1, 0.15) is 11.5 Å². The molecule has 11 heteroatoms. The fourth-order valence-corrected chi connectivity index (χ4v) is 5.21. The van der Waals surface area contributed by atoms with Crippen LogP contribution in [0.15, 0.2) is 48.8 Å². The molecule has 2 aromatic heterocycles. The second-order valence-corrected chi connectivity index (χ2v) is 11.6. The Hall–Kier alpha value is -4.08. The van der Waals surface area contributed by atoms with E-state index in [1.54, 1.807) is 60.3 Å². The van der Waals surface area contributed by atoms with E-state index in [9.17, 15) is 9.59 Å². The van der Waals surface area contributed by atoms with Crippen molar-refractivity contribution in [2.45, 2.75) is 32.7 Å². The van der Waals surface area contributed by atoms with Gasteiger partial charge in [-0.1, -0.05) is 23.2 Å². The summed E-state index contributed by atoms with van der Waals surface area (Å²) < 4.78 is 13.6. The summed E-state index contributed by atoms with van der Waals surface area (Å²) in [6, 6.07) is 10.4. The number of halogens is 2. The fraction of sp³-hybridized carbons (Fsp3) is 0.267. The van der Waals surface area contributed by atoms with Crippen LogP contribution in [0.3, 0.4) is 0 Å². The van der Waals surface area contributed by atoms with Crippen molar-refractivity contribution in [2.24, 2.45) is 5.73 Å². The SMILES string of the molecule is COc1cc2c(cc1-c1cncc(C(N)=O)c1)-c1c(c(C(=O)N(C)C(C)(C)C)nn1-c1cc(Cl)cc(Cl)c1)CCO2. The van der Waals surface area contributed by atoms with Crippen LogP contribution < -0.4 is 15.2 Å². The third-order valence-corrected chi connectivity index (χ3v) is 7.53. The van der Waals surface area contributed by atoms with Gasteiger partial charge in [0.05, 0.1) is 30.7 Å². The number of nitrogens with zero attached hydrogens (tertiary/aromatic N) is 4. The molecule has 4 aromatic rings. The summed E-state index contributed by atoms with van der Waals surface area (Å²) in [5.41, 5.74) is 9.54. The molecule has 41 heavy (non-hydrogen) atoms. The highest BCUT2D eigenvalue weighted by atomic mass is 35.5. The Morgan fingerprint density at radius 2 is 1.76 bits per heavy atom. The molecule has 0 fully saturated rings. The molecule has 0 saturated heterocycles. The number of primary amides is 1. The van der Waals surface area contributed by atoms with Crippen LogP contribution in [-0.4, -0.2) is 57.8 Å². The van der Waals surface area contributed by atoms with Crippen molar-refractivity contribution in [3.63, 3.8) is 0 Å². The van der Waals surface area contributed by atoms with Gasteiger partial charge in [-0.25, -0.2) is 4.68 Å². The number of hydrogen-bond donors (Lipinski definition) is 1. The Morgan fingerprint density at radius 3 is 2.39 bits per heavy atom. The smallest absolute Gasteiger partial charge is 0.274 e. The topological polar surface area (TPSA) is 113 Å². The molecule has 1 aliphatic rings. The van der Waals surface area contributed by atoms with Crippen LogP contribution >= 0.6 is 23.2 Å². The molecule has 5 rings (SSSR count). The van der Waals surface area contributed by atoms with Gasteiger partial charge in [0, 0.05) is 69.8 Å². The number of carbonyl (C=O) groups excluding carboxylic acids is 2. The van der Waals surface area contributed by atoms with Crippen molar-refractivity contribution in [1.29, 1.82) is 0 Å². The maximum atomic E-state index is 13.8. The minimum absolute atomic E-state index is 0.226. The van der Waals surface area contributed by atoms with Crippen LogP contribution in [0.25, 0.3) is 28.1 Å². The quantitative estimate of drug-likeness (QED) is 0.312. The number of hydrogen-bond acceptors (Lipinski definition) is 6. The standard InChI is InChI=1S/C30H29Cl2N5O4/c1-30(2,3)36(4)29(39)26-21-6-7-41-25-13-24(40-5)22(16-8-17(28(33)38)15-34-14-16)12-23(25)27(21)37(35-26)20-10-18(31)9-19(32)11-20/h8-15H,6-7H2,1-5H3,(H2,33,38). The summed E-state index contributed by atoms with van der Waals surface area (Å²) in [5, 5.41) is 5.69. The predicted octanol–water partition coefficient (Wildman–Crippen LogP) is 5.82. The first-order valence-corrected chi connectivity index (χ1v) is 13.6. The van der Waals surface area contributed by atoms with Crippen molar-refractivity contribution >= 4 is 35.0 Å². The second kappa shape index (κ2) is 10.7. The molecule has 0 bridgehead atoms. The first-order valence-electron chi connectivity index (χ1n) is 12.9. The van der Waals surface area contributed by atoms with Crippen molar-refractivity contribution < 1.29 is 19.1 Å². The first-order chi connectivity index (χ1) is 19.4. The third-order valence-electron chi connectivity index (χ3n) is 7.09. The summed E-state index contributed by atoms with van der Waals surface area (Å²) >= 11 is 12.8. The number of amides is 2. The lowest BCUT2D eigenvalue weighted by atomic mass is 9.96. The molecule has 2 N–H and O–H groups in total. The molecule has 0 atom stereocenters. The number of rotatable bonds is 5. The summed E-state index contributed by atoms with van der Waals surface area (Å²) in [6.45, 7) is 6.19. The largest absolute Gasteiger partial charge is 0.496 e. The molecular formula is C30H29Cl2N5O4. The number of ether oxygens (including phenoxy) is 2. The van der Waals surface area contributed by atoms with Crippen molar-refractivity contribution in [3.8, 4) is 39.6 Å². The molecule has 2 amide bonds. The van der Waals surface area contributed by atoms with Gasteiger partial charge < -0.3 is 20.1 Å². The van der Waals surface area contributed by atoms with E-state index in [1.165, 1.54) is 6.20 Å². The maximum Gasteiger partial charge on any atom is 0.274 e. The lowest BCUT2D eigenvalue weighted by molar-refractivity contribution is 0.0647. The maximum absolute atomic E-state index is 13.8. The molecule has 3 heterocycles. The lowest BCUT2D eigenvalue weighted by Gasteiger charge is -2.31. The van der Waals surface area contributed by atoms with E-state index in [0.29, 0.717) is 68.3 Å². The average Bonchev–Trinajstić information content (AvgIpc) is 3.20. The van der Waals surface area contributed by atoms with Crippen LogP contribution in [0.4, 0.5) is 0 Å². The van der Waals surface area contributed by atoms with E-state index in [0.717, 1.165) is 5.56 Å². The van der Waals surface area contributed by atoms with Crippen molar-refractivity contribution in [2.75, 3.05) is 20.8 Å². The summed E-state index contributed by atoms with van der Waals surface area (Å²) in [5.74, 6) is 0.231. The van der Waals surface area contributed by atoms with Crippen molar-refractivity contribution in [1.82, 2.24) is 19.7 Å². The molecule has 0 saturated carbocycles.